The van der Waals surface area contributed by atoms with Gasteiger partial charge in [0.05, 0.1) is 18.4 Å². The van der Waals surface area contributed by atoms with Crippen molar-refractivity contribution in [1.82, 2.24) is 15.1 Å². The maximum atomic E-state index is 12.9. The van der Waals surface area contributed by atoms with Gasteiger partial charge in [-0.3, -0.25) is 4.79 Å². The topological polar surface area (TPSA) is 67.4 Å². The first-order valence-corrected chi connectivity index (χ1v) is 8.22. The zero-order valence-electron chi connectivity index (χ0n) is 13.7. The lowest BCUT2D eigenvalue weighted by Gasteiger charge is -2.28. The van der Waals surface area contributed by atoms with E-state index in [1.165, 1.54) is 7.11 Å². The molecule has 1 aromatic heterocycles. The van der Waals surface area contributed by atoms with Gasteiger partial charge < -0.3 is 15.0 Å². The number of nitrogens with one attached hydrogen (secondary N) is 1. The quantitative estimate of drug-likeness (QED) is 0.922. The van der Waals surface area contributed by atoms with Crippen LogP contribution in [0.15, 0.2) is 24.3 Å². The highest BCUT2D eigenvalue weighted by molar-refractivity contribution is 6.30. The normalized spacial score (nSPS) is 13.4. The summed E-state index contributed by atoms with van der Waals surface area (Å²) in [5.41, 5.74) is 2.48. The molecular weight excluding hydrogens is 328 g/mol. The minimum Gasteiger partial charge on any atom is -0.496 e. The molecule has 0 saturated carbocycles. The molecule has 0 spiro atoms. The van der Waals surface area contributed by atoms with Gasteiger partial charge in [0.1, 0.15) is 11.6 Å². The molecule has 7 heteroatoms. The van der Waals surface area contributed by atoms with Gasteiger partial charge in [-0.1, -0.05) is 11.6 Å². The minimum atomic E-state index is -0.0732. The van der Waals surface area contributed by atoms with Gasteiger partial charge in [-0.25, -0.2) is 0 Å². The van der Waals surface area contributed by atoms with E-state index >= 15 is 0 Å². The van der Waals surface area contributed by atoms with Crippen molar-refractivity contribution in [2.24, 2.45) is 0 Å². The Morgan fingerprint density at radius 3 is 2.96 bits per heavy atom. The fourth-order valence-corrected chi connectivity index (χ4v) is 2.94. The van der Waals surface area contributed by atoms with Crippen LogP contribution in [0.3, 0.4) is 0 Å². The molecule has 126 valence electrons. The van der Waals surface area contributed by atoms with Crippen LogP contribution in [0.5, 0.6) is 5.75 Å². The van der Waals surface area contributed by atoms with Gasteiger partial charge in [0.25, 0.3) is 5.91 Å². The van der Waals surface area contributed by atoms with E-state index in [4.69, 9.17) is 16.3 Å². The standard InChI is InChI=1S/C17H19ClN4O2/c1-3-19-16-8-11-10-22(7-6-14(11)20-21-16)17(23)13-5-4-12(18)9-15(13)24-2/h4-5,8-9H,3,6-7,10H2,1-2H3,(H,19,21). The molecule has 0 fully saturated rings. The number of benzene rings is 1. The van der Waals surface area contributed by atoms with E-state index in [1.54, 1.807) is 23.1 Å². The van der Waals surface area contributed by atoms with Crippen molar-refractivity contribution in [2.45, 2.75) is 19.9 Å². The van der Waals surface area contributed by atoms with Crippen LogP contribution < -0.4 is 10.1 Å². The average molecular weight is 347 g/mol. The smallest absolute Gasteiger partial charge is 0.257 e. The Morgan fingerprint density at radius 2 is 2.21 bits per heavy atom. The predicted octanol–water partition coefficient (Wildman–Crippen LogP) is 2.77. The number of aromatic nitrogens is 2. The second kappa shape index (κ2) is 7.05. The second-order valence-electron chi connectivity index (χ2n) is 5.55. The number of anilines is 1. The van der Waals surface area contributed by atoms with Crippen molar-refractivity contribution in [1.29, 1.82) is 0 Å². The monoisotopic (exact) mass is 346 g/mol. The summed E-state index contributed by atoms with van der Waals surface area (Å²) in [5.74, 6) is 1.14. The summed E-state index contributed by atoms with van der Waals surface area (Å²) in [6, 6.07) is 7.02. The van der Waals surface area contributed by atoms with E-state index in [1.807, 2.05) is 13.0 Å². The van der Waals surface area contributed by atoms with E-state index in [0.717, 1.165) is 23.6 Å². The number of carbonyl (C=O) groups is 1. The van der Waals surface area contributed by atoms with Crippen LogP contribution in [0.2, 0.25) is 5.02 Å². The van der Waals surface area contributed by atoms with E-state index in [0.29, 0.717) is 35.8 Å². The summed E-state index contributed by atoms with van der Waals surface area (Å²) in [5, 5.41) is 12.1. The lowest BCUT2D eigenvalue weighted by Crippen LogP contribution is -2.36. The lowest BCUT2D eigenvalue weighted by atomic mass is 10.0. The van der Waals surface area contributed by atoms with E-state index in [-0.39, 0.29) is 5.91 Å². The molecule has 1 aliphatic heterocycles. The Balaban J connectivity index is 1.84. The molecule has 0 unspecified atom stereocenters. The molecule has 0 aliphatic carbocycles. The SMILES string of the molecule is CCNc1cc2c(nn1)CCN(C(=O)c1ccc(Cl)cc1OC)C2. The molecule has 2 aromatic rings. The number of hydrogen-bond acceptors (Lipinski definition) is 5. The molecule has 3 rings (SSSR count). The first-order chi connectivity index (χ1) is 11.6. The van der Waals surface area contributed by atoms with Crippen LogP contribution in [-0.2, 0) is 13.0 Å². The number of rotatable bonds is 4. The number of halogens is 1. The molecule has 24 heavy (non-hydrogen) atoms. The van der Waals surface area contributed by atoms with Crippen LogP contribution in [0.1, 0.15) is 28.5 Å². The zero-order valence-corrected chi connectivity index (χ0v) is 14.4. The predicted molar refractivity (Wildman–Crippen MR) is 92.6 cm³/mol. The second-order valence-corrected chi connectivity index (χ2v) is 5.99. The Morgan fingerprint density at radius 1 is 1.38 bits per heavy atom. The highest BCUT2D eigenvalue weighted by Crippen LogP contribution is 2.27. The molecule has 6 nitrogen and oxygen atoms in total. The molecule has 0 saturated heterocycles. The van der Waals surface area contributed by atoms with Gasteiger partial charge in [0.15, 0.2) is 0 Å². The van der Waals surface area contributed by atoms with Crippen LogP contribution in [0.25, 0.3) is 0 Å². The van der Waals surface area contributed by atoms with Crippen LogP contribution in [-0.4, -0.2) is 41.2 Å². The summed E-state index contributed by atoms with van der Waals surface area (Å²) in [7, 11) is 1.53. The summed E-state index contributed by atoms with van der Waals surface area (Å²) in [4.78, 5) is 14.7. The number of ether oxygens (including phenoxy) is 1. The van der Waals surface area contributed by atoms with Gasteiger partial charge in [0.2, 0.25) is 0 Å². The van der Waals surface area contributed by atoms with Crippen LogP contribution in [0, 0.1) is 0 Å². The van der Waals surface area contributed by atoms with E-state index in [9.17, 15) is 4.79 Å². The first kappa shape index (κ1) is 16.5. The third-order valence-electron chi connectivity index (χ3n) is 3.98. The third kappa shape index (κ3) is 3.28. The third-order valence-corrected chi connectivity index (χ3v) is 4.21. The largest absolute Gasteiger partial charge is 0.496 e. The number of carbonyl (C=O) groups excluding carboxylic acids is 1. The molecule has 0 bridgehead atoms. The first-order valence-electron chi connectivity index (χ1n) is 7.84. The molecule has 0 radical (unpaired) electrons. The van der Waals surface area contributed by atoms with E-state index in [2.05, 4.69) is 15.5 Å². The number of methoxy groups -OCH3 is 1. The molecule has 1 N–H and O–H groups in total. The Labute approximate surface area is 145 Å². The maximum Gasteiger partial charge on any atom is 0.257 e. The Kier molecular flexibility index (Phi) is 4.85. The minimum absolute atomic E-state index is 0.0732. The zero-order chi connectivity index (χ0) is 17.1. The molecule has 2 heterocycles. The highest BCUT2D eigenvalue weighted by Gasteiger charge is 2.25. The van der Waals surface area contributed by atoms with Gasteiger partial charge in [0, 0.05) is 31.1 Å². The van der Waals surface area contributed by atoms with Gasteiger partial charge in [-0.2, -0.15) is 5.10 Å². The number of hydrogen-bond donors (Lipinski definition) is 1. The van der Waals surface area contributed by atoms with Crippen molar-refractivity contribution >= 4 is 23.3 Å². The number of fused-ring (bicyclic) bond motifs is 1. The number of nitrogens with zero attached hydrogens (tertiary/aromatic N) is 3. The lowest BCUT2D eigenvalue weighted by molar-refractivity contribution is 0.0730. The Bertz CT molecular complexity index is 766. The summed E-state index contributed by atoms with van der Waals surface area (Å²) >= 11 is 5.97. The molecule has 1 amide bonds. The van der Waals surface area contributed by atoms with Crippen molar-refractivity contribution in [3.8, 4) is 5.75 Å². The highest BCUT2D eigenvalue weighted by atomic mass is 35.5. The van der Waals surface area contributed by atoms with E-state index < -0.39 is 0 Å². The fourth-order valence-electron chi connectivity index (χ4n) is 2.78. The van der Waals surface area contributed by atoms with Crippen molar-refractivity contribution < 1.29 is 9.53 Å². The van der Waals surface area contributed by atoms with Gasteiger partial charge in [-0.05, 0) is 36.8 Å². The van der Waals surface area contributed by atoms with Gasteiger partial charge >= 0.3 is 0 Å². The van der Waals surface area contributed by atoms with Crippen LogP contribution in [0.4, 0.5) is 5.82 Å². The number of amides is 1. The summed E-state index contributed by atoms with van der Waals surface area (Å²) < 4.78 is 5.29. The molecule has 0 atom stereocenters. The van der Waals surface area contributed by atoms with Gasteiger partial charge in [-0.15, -0.1) is 5.10 Å². The van der Waals surface area contributed by atoms with Crippen LogP contribution >= 0.6 is 11.6 Å². The van der Waals surface area contributed by atoms with Crippen molar-refractivity contribution in [2.75, 3.05) is 25.5 Å². The fraction of sp³-hybridized carbons (Fsp3) is 0.353. The summed E-state index contributed by atoms with van der Waals surface area (Å²) in [6.45, 7) is 3.89. The molecule has 1 aromatic carbocycles. The summed E-state index contributed by atoms with van der Waals surface area (Å²) in [6.07, 6.45) is 0.691. The molecule has 1 aliphatic rings. The maximum absolute atomic E-state index is 12.9. The molecular formula is C17H19ClN4O2. The van der Waals surface area contributed by atoms with Crippen molar-refractivity contribution in [3.63, 3.8) is 0 Å². The van der Waals surface area contributed by atoms with Crippen molar-refractivity contribution in [3.05, 3.63) is 46.1 Å². The Hall–Kier alpha value is -2.34. The average Bonchev–Trinajstić information content (AvgIpc) is 2.60.